The van der Waals surface area contributed by atoms with Gasteiger partial charge < -0.3 is 5.11 Å². The van der Waals surface area contributed by atoms with Gasteiger partial charge in [-0.05, 0) is 13.0 Å². The Bertz CT molecular complexity index is 365. The summed E-state index contributed by atoms with van der Waals surface area (Å²) in [6.45, 7) is 3.65. The largest absolute Gasteiger partial charge is 0.507 e. The maximum atomic E-state index is 11.4. The number of ketones is 1. The monoisotopic (exact) mass is 190 g/mol. The first-order chi connectivity index (χ1) is 6.70. The van der Waals surface area contributed by atoms with E-state index in [4.69, 9.17) is 0 Å². The molecular weight excluding hydrogens is 176 g/mol. The van der Waals surface area contributed by atoms with Crippen molar-refractivity contribution in [3.8, 4) is 5.75 Å². The van der Waals surface area contributed by atoms with E-state index in [0.29, 0.717) is 17.5 Å². The van der Waals surface area contributed by atoms with Gasteiger partial charge in [-0.25, -0.2) is 0 Å². The predicted octanol–water partition coefficient (Wildman–Crippen LogP) is 3.02. The zero-order valence-electron chi connectivity index (χ0n) is 8.45. The van der Waals surface area contributed by atoms with E-state index in [-0.39, 0.29) is 11.5 Å². The van der Waals surface area contributed by atoms with Gasteiger partial charge in [0.1, 0.15) is 5.75 Å². The van der Waals surface area contributed by atoms with Crippen LogP contribution in [0.25, 0.3) is 6.08 Å². The van der Waals surface area contributed by atoms with E-state index in [2.05, 4.69) is 0 Å². The van der Waals surface area contributed by atoms with E-state index < -0.39 is 0 Å². The number of phenolic OH excluding ortho intramolecular Hbond substituents is 1. The van der Waals surface area contributed by atoms with Crippen LogP contribution in [0, 0.1) is 0 Å². The van der Waals surface area contributed by atoms with Gasteiger partial charge in [0.05, 0.1) is 5.56 Å². The van der Waals surface area contributed by atoms with E-state index in [1.165, 1.54) is 0 Å². The van der Waals surface area contributed by atoms with Crippen molar-refractivity contribution in [1.82, 2.24) is 0 Å². The van der Waals surface area contributed by atoms with Gasteiger partial charge in [0.2, 0.25) is 0 Å². The van der Waals surface area contributed by atoms with Crippen LogP contribution in [0.2, 0.25) is 0 Å². The van der Waals surface area contributed by atoms with Crippen molar-refractivity contribution in [1.29, 1.82) is 0 Å². The number of benzene rings is 1. The summed E-state index contributed by atoms with van der Waals surface area (Å²) < 4.78 is 0. The highest BCUT2D eigenvalue weighted by molar-refractivity contribution is 5.99. The highest BCUT2D eigenvalue weighted by atomic mass is 16.3. The molecule has 0 radical (unpaired) electrons. The van der Waals surface area contributed by atoms with Crippen LogP contribution in [0.15, 0.2) is 24.3 Å². The highest BCUT2D eigenvalue weighted by Gasteiger charge is 2.10. The molecule has 0 aliphatic heterocycles. The third-order valence-electron chi connectivity index (χ3n) is 2.03. The summed E-state index contributed by atoms with van der Waals surface area (Å²) in [7, 11) is 0. The summed E-state index contributed by atoms with van der Waals surface area (Å²) >= 11 is 0. The SMILES string of the molecule is CC=Cc1cccc(C(=O)CC)c1O. The second-order valence-corrected chi connectivity index (χ2v) is 3.02. The zero-order valence-corrected chi connectivity index (χ0v) is 8.45. The molecule has 2 heteroatoms. The molecule has 0 heterocycles. The Morgan fingerprint density at radius 2 is 2.21 bits per heavy atom. The number of allylic oxidation sites excluding steroid dienone is 1. The first kappa shape index (κ1) is 10.5. The minimum atomic E-state index is -0.0335. The predicted molar refractivity (Wildman–Crippen MR) is 57.4 cm³/mol. The molecule has 1 rings (SSSR count). The molecule has 0 saturated carbocycles. The minimum Gasteiger partial charge on any atom is -0.507 e. The lowest BCUT2D eigenvalue weighted by Crippen LogP contribution is -1.97. The summed E-state index contributed by atoms with van der Waals surface area (Å²) in [5, 5.41) is 9.75. The van der Waals surface area contributed by atoms with Crippen molar-refractivity contribution in [2.45, 2.75) is 20.3 Å². The van der Waals surface area contributed by atoms with Crippen molar-refractivity contribution in [3.63, 3.8) is 0 Å². The first-order valence-corrected chi connectivity index (χ1v) is 4.68. The molecule has 2 nitrogen and oxygen atoms in total. The molecule has 0 amide bonds. The number of carbonyl (C=O) groups excluding carboxylic acids is 1. The molecule has 0 spiro atoms. The fraction of sp³-hybridized carbons (Fsp3) is 0.250. The lowest BCUT2D eigenvalue weighted by Gasteiger charge is -2.04. The van der Waals surface area contributed by atoms with Gasteiger partial charge in [-0.3, -0.25) is 4.79 Å². The Kier molecular flexibility index (Phi) is 3.46. The van der Waals surface area contributed by atoms with Gasteiger partial charge >= 0.3 is 0 Å². The van der Waals surface area contributed by atoms with Crippen LogP contribution in [-0.4, -0.2) is 10.9 Å². The molecule has 14 heavy (non-hydrogen) atoms. The van der Waals surface area contributed by atoms with Crippen LogP contribution in [0.5, 0.6) is 5.75 Å². The van der Waals surface area contributed by atoms with Gasteiger partial charge in [-0.15, -0.1) is 0 Å². The summed E-state index contributed by atoms with van der Waals surface area (Å²) in [5.74, 6) is 0.0475. The smallest absolute Gasteiger partial charge is 0.166 e. The van der Waals surface area contributed by atoms with Gasteiger partial charge in [-0.2, -0.15) is 0 Å². The number of rotatable bonds is 3. The number of hydrogen-bond donors (Lipinski definition) is 1. The van der Waals surface area contributed by atoms with Gasteiger partial charge in [0, 0.05) is 12.0 Å². The summed E-state index contributed by atoms with van der Waals surface area (Å²) in [6.07, 6.45) is 4.02. The van der Waals surface area contributed by atoms with Crippen LogP contribution in [0.3, 0.4) is 0 Å². The number of phenols is 1. The molecule has 0 aliphatic carbocycles. The molecule has 1 N–H and O–H groups in total. The second-order valence-electron chi connectivity index (χ2n) is 3.02. The average molecular weight is 190 g/mol. The Balaban J connectivity index is 3.20. The van der Waals surface area contributed by atoms with Crippen molar-refractivity contribution in [2.75, 3.05) is 0 Å². The Morgan fingerprint density at radius 1 is 1.50 bits per heavy atom. The van der Waals surface area contributed by atoms with Crippen LogP contribution < -0.4 is 0 Å². The van der Waals surface area contributed by atoms with Crippen LogP contribution >= 0.6 is 0 Å². The van der Waals surface area contributed by atoms with Gasteiger partial charge in [0.15, 0.2) is 5.78 Å². The molecule has 0 atom stereocenters. The molecule has 0 fully saturated rings. The molecule has 0 saturated heterocycles. The normalized spacial score (nSPS) is 10.7. The van der Waals surface area contributed by atoms with Gasteiger partial charge in [0.25, 0.3) is 0 Å². The lowest BCUT2D eigenvalue weighted by molar-refractivity contribution is 0.0985. The van der Waals surface area contributed by atoms with Crippen molar-refractivity contribution < 1.29 is 9.90 Å². The number of Topliss-reactive ketones (excluding diaryl/α,β-unsaturated/α-hetero) is 1. The second kappa shape index (κ2) is 4.61. The van der Waals surface area contributed by atoms with Crippen molar-refractivity contribution in [3.05, 3.63) is 35.4 Å². The number of aromatic hydroxyl groups is 1. The van der Waals surface area contributed by atoms with E-state index in [1.54, 1.807) is 31.2 Å². The lowest BCUT2D eigenvalue weighted by atomic mass is 10.0. The fourth-order valence-electron chi connectivity index (χ4n) is 1.29. The number of para-hydroxylation sites is 1. The van der Waals surface area contributed by atoms with Crippen LogP contribution in [0.4, 0.5) is 0 Å². The fourth-order valence-corrected chi connectivity index (χ4v) is 1.29. The summed E-state index contributed by atoms with van der Waals surface area (Å²) in [6, 6.07) is 5.20. The molecule has 1 aromatic carbocycles. The molecular formula is C12H14O2. The van der Waals surface area contributed by atoms with Crippen LogP contribution in [-0.2, 0) is 0 Å². The number of carbonyl (C=O) groups is 1. The third kappa shape index (κ3) is 2.02. The standard InChI is InChI=1S/C12H14O2/c1-3-6-9-7-5-8-10(12(9)14)11(13)4-2/h3,5-8,14H,4H2,1-2H3. The quantitative estimate of drug-likeness (QED) is 0.744. The summed E-state index contributed by atoms with van der Waals surface area (Å²) in [5.41, 5.74) is 1.09. The van der Waals surface area contributed by atoms with Crippen molar-refractivity contribution in [2.24, 2.45) is 0 Å². The molecule has 0 unspecified atom stereocenters. The average Bonchev–Trinajstić information content (AvgIpc) is 2.20. The van der Waals surface area contributed by atoms with Crippen molar-refractivity contribution >= 4 is 11.9 Å². The van der Waals surface area contributed by atoms with Gasteiger partial charge in [-0.1, -0.05) is 31.2 Å². The zero-order chi connectivity index (χ0) is 10.6. The molecule has 1 aromatic rings. The summed E-state index contributed by atoms with van der Waals surface area (Å²) in [4.78, 5) is 11.4. The minimum absolute atomic E-state index is 0.0335. The Labute approximate surface area is 83.9 Å². The Hall–Kier alpha value is -1.57. The van der Waals surface area contributed by atoms with E-state index in [0.717, 1.165) is 0 Å². The van der Waals surface area contributed by atoms with E-state index in [1.807, 2.05) is 13.0 Å². The topological polar surface area (TPSA) is 37.3 Å². The number of hydrogen-bond acceptors (Lipinski definition) is 2. The maximum absolute atomic E-state index is 11.4. The van der Waals surface area contributed by atoms with Crippen LogP contribution in [0.1, 0.15) is 36.2 Å². The van der Waals surface area contributed by atoms with E-state index >= 15 is 0 Å². The highest BCUT2D eigenvalue weighted by Crippen LogP contribution is 2.24. The maximum Gasteiger partial charge on any atom is 0.166 e. The molecule has 0 aromatic heterocycles. The molecule has 0 aliphatic rings. The molecule has 0 bridgehead atoms. The molecule has 74 valence electrons. The Morgan fingerprint density at radius 3 is 2.79 bits per heavy atom. The third-order valence-corrected chi connectivity index (χ3v) is 2.03. The van der Waals surface area contributed by atoms with E-state index in [9.17, 15) is 9.90 Å². The first-order valence-electron chi connectivity index (χ1n) is 4.68.